The molecule has 10 aromatic rings. The van der Waals surface area contributed by atoms with Crippen molar-refractivity contribution in [2.45, 2.75) is 0 Å². The average Bonchev–Trinajstić information content (AvgIpc) is 4.22. The Morgan fingerprint density at radius 1 is 0.286 bits per heavy atom. The van der Waals surface area contributed by atoms with Crippen LogP contribution in [-0.2, 0) is 0 Å². The lowest BCUT2D eigenvalue weighted by Gasteiger charge is -2.13. The molecule has 5 nitrogen and oxygen atoms in total. The van der Waals surface area contributed by atoms with Crippen LogP contribution in [0.3, 0.4) is 0 Å². The summed E-state index contributed by atoms with van der Waals surface area (Å²) in [6, 6.07) is 68.1. The molecule has 0 N–H and O–H groups in total. The molecule has 0 unspecified atom stereocenters. The van der Waals surface area contributed by atoms with Crippen LogP contribution >= 0.6 is 45.3 Å². The van der Waals surface area contributed by atoms with Crippen LogP contribution in [0.2, 0.25) is 0 Å². The number of hydrogen-bond donors (Lipinski definition) is 0. The van der Waals surface area contributed by atoms with Gasteiger partial charge in [-0.15, -0.1) is 45.3 Å². The first-order valence-corrected chi connectivity index (χ1v) is 23.1. The molecule has 0 bridgehead atoms. The molecule has 63 heavy (non-hydrogen) atoms. The van der Waals surface area contributed by atoms with Crippen LogP contribution in [0.5, 0.6) is 0 Å². The van der Waals surface area contributed by atoms with Gasteiger partial charge < -0.3 is 4.57 Å². The largest absolute Gasteiger partial charge is 0.306 e. The van der Waals surface area contributed by atoms with Crippen LogP contribution in [0.15, 0.2) is 176 Å². The van der Waals surface area contributed by atoms with Gasteiger partial charge in [0.15, 0.2) is 0 Å². The summed E-state index contributed by atoms with van der Waals surface area (Å²) in [6.45, 7) is 0. The SMILES string of the molecule is N#Cc1ccc(-c2ccc(-c3c(-c4ccc(-c5ccc(C#N)cc5)s4)c(-c4ccc(-c5ccc(C#N)cc5)s4)n(-c4ccccc4)c3-c3ccc(-c4ccc(C#N)cc4)s3)s2)cc1. The molecule has 0 amide bonds. The lowest BCUT2D eigenvalue weighted by atomic mass is 10.0. The minimum Gasteiger partial charge on any atom is -0.306 e. The number of para-hydroxylation sites is 1. The van der Waals surface area contributed by atoms with Gasteiger partial charge in [-0.2, -0.15) is 21.0 Å². The van der Waals surface area contributed by atoms with E-state index in [2.05, 4.69) is 102 Å². The number of aromatic nitrogens is 1. The third-order valence-corrected chi connectivity index (χ3v) is 15.3. The molecule has 5 aromatic carbocycles. The molecule has 5 heterocycles. The van der Waals surface area contributed by atoms with E-state index in [4.69, 9.17) is 0 Å². The molecular formula is C54H29N5S4. The zero-order chi connectivity index (χ0) is 42.9. The second-order valence-corrected chi connectivity index (χ2v) is 18.9. The van der Waals surface area contributed by atoms with Gasteiger partial charge in [0.2, 0.25) is 0 Å². The fraction of sp³-hybridized carbons (Fsp3) is 0. The van der Waals surface area contributed by atoms with Gasteiger partial charge in [-0.05, 0) is 131 Å². The summed E-state index contributed by atoms with van der Waals surface area (Å²) in [4.78, 5) is 8.73. The first-order chi connectivity index (χ1) is 31.0. The van der Waals surface area contributed by atoms with Crippen molar-refractivity contribution < 1.29 is 0 Å². The maximum atomic E-state index is 9.55. The Bertz CT molecular complexity index is 3250. The lowest BCUT2D eigenvalue weighted by molar-refractivity contribution is 1.11. The van der Waals surface area contributed by atoms with Crippen molar-refractivity contribution in [3.8, 4) is 114 Å². The van der Waals surface area contributed by atoms with Crippen LogP contribution in [0.4, 0.5) is 0 Å². The number of hydrogen-bond acceptors (Lipinski definition) is 8. The smallest absolute Gasteiger partial charge is 0.0991 e. The van der Waals surface area contributed by atoms with Crippen molar-refractivity contribution >= 4 is 45.3 Å². The third kappa shape index (κ3) is 7.49. The van der Waals surface area contributed by atoms with E-state index in [1.165, 1.54) is 0 Å². The maximum absolute atomic E-state index is 9.55. The average molecular weight is 876 g/mol. The minimum absolute atomic E-state index is 0.618. The predicted molar refractivity (Wildman–Crippen MR) is 260 cm³/mol. The molecule has 0 aliphatic carbocycles. The summed E-state index contributed by atoms with van der Waals surface area (Å²) in [5, 5.41) is 38.2. The standard InChI is InChI=1S/C54H29N5S4/c55-30-34-6-14-38(15-7-34)43-22-26-47(60-43)51-52(48-27-23-44(61-48)39-16-8-35(31-56)9-17-39)54(50-29-25-46(63-50)41-20-12-37(33-58)13-21-41)59(42-4-2-1-3-5-42)53(51)49-28-24-45(62-49)40-18-10-36(32-57)11-19-40/h1-29H. The Balaban J connectivity index is 1.28. The number of benzene rings is 5. The first kappa shape index (κ1) is 39.3. The van der Waals surface area contributed by atoms with E-state index in [1.807, 2.05) is 103 Å². The first-order valence-electron chi connectivity index (χ1n) is 19.8. The van der Waals surface area contributed by atoms with Crippen molar-refractivity contribution in [3.63, 3.8) is 0 Å². The number of nitrogens with zero attached hydrogens (tertiary/aromatic N) is 5. The van der Waals surface area contributed by atoms with Crippen LogP contribution in [-0.4, -0.2) is 4.57 Å². The number of thiophene rings is 4. The van der Waals surface area contributed by atoms with E-state index < -0.39 is 0 Å². The van der Waals surface area contributed by atoms with Gasteiger partial charge in [-0.3, -0.25) is 0 Å². The third-order valence-electron chi connectivity index (χ3n) is 10.8. The summed E-state index contributed by atoms with van der Waals surface area (Å²) in [5.41, 5.74) is 12.0. The summed E-state index contributed by atoms with van der Waals surface area (Å²) in [7, 11) is 0. The molecule has 10 rings (SSSR count). The molecule has 0 atom stereocenters. The predicted octanol–water partition coefficient (Wildman–Crippen LogP) is 15.5. The van der Waals surface area contributed by atoms with Gasteiger partial charge in [-0.1, -0.05) is 66.7 Å². The van der Waals surface area contributed by atoms with E-state index in [9.17, 15) is 21.0 Å². The molecule has 0 aliphatic heterocycles. The van der Waals surface area contributed by atoms with Gasteiger partial charge in [0, 0.05) is 46.1 Å². The zero-order valence-electron chi connectivity index (χ0n) is 33.1. The highest BCUT2D eigenvalue weighted by Gasteiger charge is 2.31. The van der Waals surface area contributed by atoms with E-state index in [1.54, 1.807) is 45.3 Å². The van der Waals surface area contributed by atoms with E-state index in [0.717, 1.165) is 89.5 Å². The normalized spacial score (nSPS) is 10.8. The molecule has 0 saturated heterocycles. The highest BCUT2D eigenvalue weighted by molar-refractivity contribution is 7.21. The van der Waals surface area contributed by atoms with Crippen LogP contribution in [0.25, 0.3) is 89.5 Å². The zero-order valence-corrected chi connectivity index (χ0v) is 36.4. The minimum atomic E-state index is 0.618. The molecule has 0 aliphatic rings. The van der Waals surface area contributed by atoms with Gasteiger partial charge in [-0.25, -0.2) is 0 Å². The van der Waals surface area contributed by atoms with Gasteiger partial charge >= 0.3 is 0 Å². The quantitative estimate of drug-likeness (QED) is 0.144. The van der Waals surface area contributed by atoms with Gasteiger partial charge in [0.05, 0.1) is 67.7 Å². The summed E-state index contributed by atoms with van der Waals surface area (Å²) < 4.78 is 2.43. The Hall–Kier alpha value is -7.86. The molecule has 5 aromatic heterocycles. The summed E-state index contributed by atoms with van der Waals surface area (Å²) >= 11 is 6.91. The second-order valence-electron chi connectivity index (χ2n) is 14.5. The topological polar surface area (TPSA) is 100 Å². The Morgan fingerprint density at radius 2 is 0.556 bits per heavy atom. The molecule has 9 heteroatoms. The van der Waals surface area contributed by atoms with E-state index >= 15 is 0 Å². The van der Waals surface area contributed by atoms with Crippen molar-refractivity contribution in [1.29, 1.82) is 21.0 Å². The molecule has 294 valence electrons. The van der Waals surface area contributed by atoms with Gasteiger partial charge in [0.1, 0.15) is 0 Å². The van der Waals surface area contributed by atoms with Crippen LogP contribution < -0.4 is 0 Å². The molecule has 0 radical (unpaired) electrons. The summed E-state index contributed by atoms with van der Waals surface area (Å²) in [5.74, 6) is 0. The van der Waals surface area contributed by atoms with Crippen molar-refractivity contribution in [2.75, 3.05) is 0 Å². The molecule has 0 spiro atoms. The maximum Gasteiger partial charge on any atom is 0.0991 e. The highest BCUT2D eigenvalue weighted by Crippen LogP contribution is 2.56. The number of nitriles is 4. The van der Waals surface area contributed by atoms with E-state index in [-0.39, 0.29) is 0 Å². The fourth-order valence-electron chi connectivity index (χ4n) is 7.69. The monoisotopic (exact) mass is 875 g/mol. The Morgan fingerprint density at radius 3 is 0.857 bits per heavy atom. The van der Waals surface area contributed by atoms with Crippen LogP contribution in [0.1, 0.15) is 22.3 Å². The molecule has 0 saturated carbocycles. The van der Waals surface area contributed by atoms with Crippen molar-refractivity contribution in [3.05, 3.63) is 198 Å². The van der Waals surface area contributed by atoms with E-state index in [0.29, 0.717) is 22.3 Å². The number of rotatable bonds is 9. The van der Waals surface area contributed by atoms with Crippen molar-refractivity contribution in [1.82, 2.24) is 4.57 Å². The van der Waals surface area contributed by atoms with Gasteiger partial charge in [0.25, 0.3) is 0 Å². The Labute approximate surface area is 380 Å². The molecule has 0 fully saturated rings. The molecular weight excluding hydrogens is 847 g/mol. The summed E-state index contributed by atoms with van der Waals surface area (Å²) in [6.07, 6.45) is 0. The fourth-order valence-corrected chi connectivity index (χ4v) is 11.9. The highest BCUT2D eigenvalue weighted by atomic mass is 32.1. The van der Waals surface area contributed by atoms with Crippen molar-refractivity contribution in [2.24, 2.45) is 0 Å². The second kappa shape index (κ2) is 16.9. The van der Waals surface area contributed by atoms with Crippen LogP contribution in [0, 0.1) is 45.3 Å². The Kier molecular flexibility index (Phi) is 10.5. The lowest BCUT2D eigenvalue weighted by Crippen LogP contribution is -1.98.